The second-order valence-electron chi connectivity index (χ2n) is 5.13. The van der Waals surface area contributed by atoms with Crippen molar-refractivity contribution >= 4 is 39.1 Å². The van der Waals surface area contributed by atoms with Crippen LogP contribution in [0.25, 0.3) is 16.9 Å². The summed E-state index contributed by atoms with van der Waals surface area (Å²) < 4.78 is 7.68. The Morgan fingerprint density at radius 1 is 1.29 bits per heavy atom. The van der Waals surface area contributed by atoms with E-state index in [9.17, 15) is 4.79 Å². The summed E-state index contributed by atoms with van der Waals surface area (Å²) in [5, 5.41) is 5.19. The van der Waals surface area contributed by atoms with E-state index in [4.69, 9.17) is 16.3 Å². The molecule has 3 rings (SSSR count). The molecule has 124 valence electrons. The maximum Gasteiger partial charge on any atom is 0.357 e. The molecule has 24 heavy (non-hydrogen) atoms. The normalized spacial score (nSPS) is 11.0. The Kier molecular flexibility index (Phi) is 4.87. The maximum atomic E-state index is 12.0. The lowest BCUT2D eigenvalue weighted by Crippen LogP contribution is -2.10. The number of carbonyl (C=O) groups is 1. The fourth-order valence-corrected chi connectivity index (χ4v) is 3.20. The SMILES string of the molecule is CCOC(=O)c1cc(CC)n2nc(-c3ccc(Br)cc3Cl)cc2n1. The van der Waals surface area contributed by atoms with Gasteiger partial charge in [0.05, 0.1) is 17.3 Å². The first kappa shape index (κ1) is 16.9. The summed E-state index contributed by atoms with van der Waals surface area (Å²) in [5.41, 5.74) is 3.27. The third-order valence-electron chi connectivity index (χ3n) is 3.55. The number of nitrogens with zero attached hydrogens (tertiary/aromatic N) is 3. The third kappa shape index (κ3) is 3.16. The van der Waals surface area contributed by atoms with Gasteiger partial charge < -0.3 is 4.74 Å². The molecule has 0 aliphatic heterocycles. The van der Waals surface area contributed by atoms with Crippen LogP contribution in [0, 0.1) is 0 Å². The van der Waals surface area contributed by atoms with E-state index in [2.05, 4.69) is 26.0 Å². The number of aromatic nitrogens is 3. The van der Waals surface area contributed by atoms with E-state index in [-0.39, 0.29) is 5.69 Å². The number of carbonyl (C=O) groups excluding carboxylic acids is 1. The first-order valence-corrected chi connectivity index (χ1v) is 8.72. The van der Waals surface area contributed by atoms with Crippen molar-refractivity contribution in [1.82, 2.24) is 14.6 Å². The highest BCUT2D eigenvalue weighted by Crippen LogP contribution is 2.30. The lowest BCUT2D eigenvalue weighted by atomic mass is 10.1. The number of aryl methyl sites for hydroxylation is 1. The smallest absolute Gasteiger partial charge is 0.357 e. The molecular formula is C17H15BrClN3O2. The van der Waals surface area contributed by atoms with Crippen LogP contribution >= 0.6 is 27.5 Å². The van der Waals surface area contributed by atoms with Crippen molar-refractivity contribution in [1.29, 1.82) is 0 Å². The first-order chi connectivity index (χ1) is 11.5. The topological polar surface area (TPSA) is 56.5 Å². The number of hydrogen-bond acceptors (Lipinski definition) is 4. The van der Waals surface area contributed by atoms with E-state index in [1.165, 1.54) is 0 Å². The molecule has 0 aliphatic carbocycles. The molecule has 0 saturated carbocycles. The minimum Gasteiger partial charge on any atom is -0.461 e. The summed E-state index contributed by atoms with van der Waals surface area (Å²) in [7, 11) is 0. The summed E-state index contributed by atoms with van der Waals surface area (Å²) in [6.45, 7) is 4.08. The van der Waals surface area contributed by atoms with Crippen LogP contribution < -0.4 is 0 Å². The molecule has 0 aliphatic rings. The van der Waals surface area contributed by atoms with Gasteiger partial charge in [-0.3, -0.25) is 0 Å². The largest absolute Gasteiger partial charge is 0.461 e. The molecule has 0 unspecified atom stereocenters. The number of halogens is 2. The second-order valence-corrected chi connectivity index (χ2v) is 6.45. The third-order valence-corrected chi connectivity index (χ3v) is 4.36. The predicted molar refractivity (Wildman–Crippen MR) is 96.5 cm³/mol. The molecular weight excluding hydrogens is 394 g/mol. The van der Waals surface area contributed by atoms with Crippen LogP contribution in [0.2, 0.25) is 5.02 Å². The molecule has 0 amide bonds. The number of esters is 1. The number of hydrogen-bond donors (Lipinski definition) is 0. The van der Waals surface area contributed by atoms with Gasteiger partial charge in [0.2, 0.25) is 0 Å². The van der Waals surface area contributed by atoms with Crippen LogP contribution in [0.1, 0.15) is 30.0 Å². The second kappa shape index (κ2) is 6.91. The Balaban J connectivity index is 2.14. The van der Waals surface area contributed by atoms with Crippen LogP contribution in [0.5, 0.6) is 0 Å². The van der Waals surface area contributed by atoms with E-state index in [0.29, 0.717) is 29.4 Å². The van der Waals surface area contributed by atoms with Gasteiger partial charge in [0.15, 0.2) is 11.3 Å². The Bertz CT molecular complexity index is 924. The summed E-state index contributed by atoms with van der Waals surface area (Å²) in [4.78, 5) is 16.4. The molecule has 2 aromatic heterocycles. The molecule has 0 bridgehead atoms. The van der Waals surface area contributed by atoms with Gasteiger partial charge in [0.1, 0.15) is 0 Å². The average Bonchev–Trinajstić information content (AvgIpc) is 2.97. The van der Waals surface area contributed by atoms with E-state index in [1.807, 2.05) is 31.2 Å². The van der Waals surface area contributed by atoms with Crippen molar-refractivity contribution in [3.63, 3.8) is 0 Å². The standard InChI is InChI=1S/C17H15BrClN3O2/c1-3-11-8-15(17(23)24-4-2)20-16-9-14(21-22(11)16)12-6-5-10(18)7-13(12)19/h5-9H,3-4H2,1-2H3. The number of benzene rings is 1. The Morgan fingerprint density at radius 2 is 2.08 bits per heavy atom. The quantitative estimate of drug-likeness (QED) is 0.594. The van der Waals surface area contributed by atoms with Gasteiger partial charge in [-0.1, -0.05) is 40.5 Å². The van der Waals surface area contributed by atoms with E-state index in [0.717, 1.165) is 15.7 Å². The average molecular weight is 409 g/mol. The van der Waals surface area contributed by atoms with Crippen LogP contribution in [-0.2, 0) is 11.2 Å². The predicted octanol–water partition coefficient (Wildman–Crippen LogP) is 4.55. The van der Waals surface area contributed by atoms with Crippen molar-refractivity contribution < 1.29 is 9.53 Å². The summed E-state index contributed by atoms with van der Waals surface area (Å²) in [6.07, 6.45) is 0.709. The fourth-order valence-electron chi connectivity index (χ4n) is 2.43. The molecule has 0 fully saturated rings. The molecule has 0 spiro atoms. The van der Waals surface area contributed by atoms with Crippen molar-refractivity contribution in [2.45, 2.75) is 20.3 Å². The lowest BCUT2D eigenvalue weighted by Gasteiger charge is -2.05. The van der Waals surface area contributed by atoms with Crippen molar-refractivity contribution in [3.05, 3.63) is 51.2 Å². The fraction of sp³-hybridized carbons (Fsp3) is 0.235. The number of ether oxygens (including phenoxy) is 1. The summed E-state index contributed by atoms with van der Waals surface area (Å²) in [6, 6.07) is 9.15. The van der Waals surface area contributed by atoms with Crippen LogP contribution in [0.3, 0.4) is 0 Å². The van der Waals surface area contributed by atoms with Gasteiger partial charge in [-0.05, 0) is 31.5 Å². The van der Waals surface area contributed by atoms with Gasteiger partial charge in [-0.15, -0.1) is 0 Å². The molecule has 0 N–H and O–H groups in total. The zero-order chi connectivity index (χ0) is 17.3. The molecule has 0 saturated heterocycles. The zero-order valence-corrected chi connectivity index (χ0v) is 15.6. The van der Waals surface area contributed by atoms with E-state index >= 15 is 0 Å². The summed E-state index contributed by atoms with van der Waals surface area (Å²) in [5.74, 6) is -0.431. The molecule has 7 heteroatoms. The summed E-state index contributed by atoms with van der Waals surface area (Å²) >= 11 is 9.71. The number of fused-ring (bicyclic) bond motifs is 1. The van der Waals surface area contributed by atoms with Crippen LogP contribution in [0.4, 0.5) is 0 Å². The van der Waals surface area contributed by atoms with Gasteiger partial charge in [0, 0.05) is 21.8 Å². The van der Waals surface area contributed by atoms with E-state index in [1.54, 1.807) is 17.5 Å². The molecule has 0 radical (unpaired) electrons. The minimum absolute atomic E-state index is 0.287. The monoisotopic (exact) mass is 407 g/mol. The molecule has 2 heterocycles. The Hall–Kier alpha value is -1.92. The van der Waals surface area contributed by atoms with Crippen molar-refractivity contribution in [2.24, 2.45) is 0 Å². The minimum atomic E-state index is -0.431. The zero-order valence-electron chi connectivity index (χ0n) is 13.2. The molecule has 1 aromatic carbocycles. The van der Waals surface area contributed by atoms with Gasteiger partial charge >= 0.3 is 5.97 Å². The highest BCUT2D eigenvalue weighted by atomic mass is 79.9. The molecule has 5 nitrogen and oxygen atoms in total. The van der Waals surface area contributed by atoms with Crippen molar-refractivity contribution in [2.75, 3.05) is 6.61 Å². The maximum absolute atomic E-state index is 12.0. The van der Waals surface area contributed by atoms with Gasteiger partial charge in [-0.25, -0.2) is 14.3 Å². The van der Waals surface area contributed by atoms with Gasteiger partial charge in [-0.2, -0.15) is 5.10 Å². The number of rotatable bonds is 4. The highest BCUT2D eigenvalue weighted by Gasteiger charge is 2.16. The molecule has 3 aromatic rings. The highest BCUT2D eigenvalue weighted by molar-refractivity contribution is 9.10. The molecule has 0 atom stereocenters. The first-order valence-electron chi connectivity index (χ1n) is 7.55. The lowest BCUT2D eigenvalue weighted by molar-refractivity contribution is 0.0519. The van der Waals surface area contributed by atoms with Crippen LogP contribution in [-0.4, -0.2) is 27.2 Å². The van der Waals surface area contributed by atoms with Crippen LogP contribution in [0.15, 0.2) is 34.8 Å². The Labute approximate surface area is 152 Å². The van der Waals surface area contributed by atoms with E-state index < -0.39 is 5.97 Å². The van der Waals surface area contributed by atoms with Gasteiger partial charge in [0.25, 0.3) is 0 Å². The van der Waals surface area contributed by atoms with Crippen molar-refractivity contribution in [3.8, 4) is 11.3 Å². The Morgan fingerprint density at radius 3 is 2.75 bits per heavy atom.